The van der Waals surface area contributed by atoms with Gasteiger partial charge in [-0.3, -0.25) is 13.8 Å². The van der Waals surface area contributed by atoms with Crippen LogP contribution in [0.15, 0.2) is 53.4 Å². The van der Waals surface area contributed by atoms with E-state index >= 15 is 0 Å². The zero-order chi connectivity index (χ0) is 19.5. The minimum Gasteiger partial charge on any atom is -0.376 e. The van der Waals surface area contributed by atoms with Crippen LogP contribution in [0.3, 0.4) is 0 Å². The summed E-state index contributed by atoms with van der Waals surface area (Å²) in [4.78, 5) is 27.3. The van der Waals surface area contributed by atoms with E-state index in [9.17, 15) is 13.8 Å². The van der Waals surface area contributed by atoms with Crippen LogP contribution >= 0.6 is 0 Å². The lowest BCUT2D eigenvalue weighted by Crippen LogP contribution is -2.39. The Morgan fingerprint density at radius 3 is 2.79 bits per heavy atom. The summed E-state index contributed by atoms with van der Waals surface area (Å²) in [7, 11) is -1.39. The van der Waals surface area contributed by atoms with Crippen molar-refractivity contribution in [2.24, 2.45) is 0 Å². The van der Waals surface area contributed by atoms with Gasteiger partial charge in [-0.2, -0.15) is 0 Å². The second kappa shape index (κ2) is 8.24. The van der Waals surface area contributed by atoms with Crippen molar-refractivity contribution < 1.29 is 18.5 Å². The summed E-state index contributed by atoms with van der Waals surface area (Å²) in [6.07, 6.45) is 2.02. The van der Waals surface area contributed by atoms with Gasteiger partial charge in [0.1, 0.15) is 5.75 Å². The van der Waals surface area contributed by atoms with Gasteiger partial charge < -0.3 is 15.0 Å². The van der Waals surface area contributed by atoms with Gasteiger partial charge in [0.25, 0.3) is 5.91 Å². The van der Waals surface area contributed by atoms with Gasteiger partial charge in [-0.15, -0.1) is 0 Å². The standard InChI is InChI=1S/C21H22N2O4S/c24-20-14-28(26)19-9-8-16(21(25)22-12-17-7-4-10-27-17)11-18(19)23(20)13-15-5-2-1-3-6-15/h1-3,5-6,8-9,11,17H,4,7,10,12-14H2,(H,22,25)/t17-,28-/m1/s1. The second-order valence-corrected chi connectivity index (χ2v) is 8.40. The molecule has 2 aliphatic heterocycles. The third-order valence-corrected chi connectivity index (χ3v) is 6.36. The van der Waals surface area contributed by atoms with E-state index in [4.69, 9.17) is 4.74 Å². The van der Waals surface area contributed by atoms with Crippen LogP contribution in [-0.4, -0.2) is 41.0 Å². The normalized spacial score (nSPS) is 21.4. The van der Waals surface area contributed by atoms with Crippen molar-refractivity contribution in [3.8, 4) is 0 Å². The van der Waals surface area contributed by atoms with Crippen LogP contribution in [0.1, 0.15) is 28.8 Å². The molecule has 6 nitrogen and oxygen atoms in total. The predicted octanol–water partition coefficient (Wildman–Crippen LogP) is 2.25. The molecule has 0 bridgehead atoms. The Morgan fingerprint density at radius 1 is 1.21 bits per heavy atom. The molecule has 2 amide bonds. The maximum atomic E-state index is 12.6. The first-order chi connectivity index (χ1) is 13.6. The molecule has 2 heterocycles. The van der Waals surface area contributed by atoms with Crippen LogP contribution in [0.4, 0.5) is 5.69 Å². The first kappa shape index (κ1) is 18.8. The fraction of sp³-hybridized carbons (Fsp3) is 0.333. The molecule has 1 saturated heterocycles. The summed E-state index contributed by atoms with van der Waals surface area (Å²) in [6.45, 7) is 1.58. The Kier molecular flexibility index (Phi) is 5.54. The van der Waals surface area contributed by atoms with Crippen molar-refractivity contribution >= 4 is 28.3 Å². The lowest BCUT2D eigenvalue weighted by molar-refractivity contribution is -0.116. The van der Waals surface area contributed by atoms with E-state index in [0.717, 1.165) is 25.0 Å². The monoisotopic (exact) mass is 398 g/mol. The lowest BCUT2D eigenvalue weighted by atomic mass is 10.1. The number of nitrogens with one attached hydrogen (secondary N) is 1. The molecule has 2 aromatic rings. The van der Waals surface area contributed by atoms with Gasteiger partial charge in [-0.05, 0) is 36.6 Å². The highest BCUT2D eigenvalue weighted by atomic mass is 32.2. The van der Waals surface area contributed by atoms with Crippen LogP contribution in [0, 0.1) is 0 Å². The number of hydrogen-bond acceptors (Lipinski definition) is 4. The van der Waals surface area contributed by atoms with Gasteiger partial charge in [0, 0.05) is 18.7 Å². The minimum atomic E-state index is -1.39. The molecule has 28 heavy (non-hydrogen) atoms. The maximum absolute atomic E-state index is 12.6. The van der Waals surface area contributed by atoms with Gasteiger partial charge in [-0.25, -0.2) is 0 Å². The smallest absolute Gasteiger partial charge is 0.251 e. The molecule has 0 aliphatic carbocycles. The van der Waals surface area contributed by atoms with Crippen LogP contribution in [0.5, 0.6) is 0 Å². The number of ether oxygens (including phenoxy) is 1. The summed E-state index contributed by atoms with van der Waals surface area (Å²) < 4.78 is 18.0. The predicted molar refractivity (Wildman–Crippen MR) is 107 cm³/mol. The van der Waals surface area contributed by atoms with Gasteiger partial charge in [0.2, 0.25) is 5.91 Å². The molecule has 4 rings (SSSR count). The van der Waals surface area contributed by atoms with E-state index in [1.807, 2.05) is 30.3 Å². The quantitative estimate of drug-likeness (QED) is 0.838. The molecule has 1 N–H and O–H groups in total. The molecular formula is C21H22N2O4S. The molecular weight excluding hydrogens is 376 g/mol. The Bertz CT molecular complexity index is 910. The first-order valence-corrected chi connectivity index (χ1v) is 10.7. The topological polar surface area (TPSA) is 75.7 Å². The average molecular weight is 398 g/mol. The molecule has 0 radical (unpaired) electrons. The molecule has 7 heteroatoms. The van der Waals surface area contributed by atoms with Crippen LogP contribution in [0.2, 0.25) is 0 Å². The van der Waals surface area contributed by atoms with E-state index < -0.39 is 10.8 Å². The minimum absolute atomic E-state index is 0.0373. The van der Waals surface area contributed by atoms with Gasteiger partial charge in [0.05, 0.1) is 34.0 Å². The Balaban J connectivity index is 1.57. The van der Waals surface area contributed by atoms with Crippen molar-refractivity contribution in [3.05, 3.63) is 59.7 Å². The Labute approximate surface area is 166 Å². The highest BCUT2D eigenvalue weighted by Gasteiger charge is 2.30. The van der Waals surface area contributed by atoms with Crippen molar-refractivity contribution in [3.63, 3.8) is 0 Å². The number of amides is 2. The number of anilines is 1. The van der Waals surface area contributed by atoms with Crippen molar-refractivity contribution in [1.29, 1.82) is 0 Å². The van der Waals surface area contributed by atoms with Crippen molar-refractivity contribution in [2.45, 2.75) is 30.4 Å². The molecule has 0 saturated carbocycles. The van der Waals surface area contributed by atoms with E-state index in [1.54, 1.807) is 23.1 Å². The van der Waals surface area contributed by atoms with E-state index in [2.05, 4.69) is 5.32 Å². The first-order valence-electron chi connectivity index (χ1n) is 9.38. The molecule has 146 valence electrons. The van der Waals surface area contributed by atoms with Crippen LogP contribution in [0.25, 0.3) is 0 Å². The summed E-state index contributed by atoms with van der Waals surface area (Å²) >= 11 is 0. The molecule has 2 aromatic carbocycles. The third-order valence-electron chi connectivity index (χ3n) is 5.01. The maximum Gasteiger partial charge on any atom is 0.251 e. The van der Waals surface area contributed by atoms with E-state index in [1.165, 1.54) is 0 Å². The summed E-state index contributed by atoms with van der Waals surface area (Å²) in [5.41, 5.74) is 1.97. The molecule has 0 aromatic heterocycles. The number of nitrogens with zero attached hydrogens (tertiary/aromatic N) is 1. The van der Waals surface area contributed by atoms with Gasteiger partial charge in [-0.1, -0.05) is 30.3 Å². The fourth-order valence-electron chi connectivity index (χ4n) is 3.52. The fourth-order valence-corrected chi connectivity index (χ4v) is 4.68. The third kappa shape index (κ3) is 4.00. The number of carbonyl (C=O) groups is 2. The summed E-state index contributed by atoms with van der Waals surface area (Å²) in [5.74, 6) is -0.460. The Hall–Kier alpha value is -2.51. The van der Waals surface area contributed by atoms with Crippen LogP contribution in [-0.2, 0) is 26.9 Å². The van der Waals surface area contributed by atoms with Gasteiger partial charge >= 0.3 is 0 Å². The highest BCUT2D eigenvalue weighted by molar-refractivity contribution is 7.86. The van der Waals surface area contributed by atoms with Gasteiger partial charge in [0.15, 0.2) is 0 Å². The second-order valence-electron chi connectivity index (χ2n) is 6.98. The molecule has 1 fully saturated rings. The summed E-state index contributed by atoms with van der Waals surface area (Å²) in [6, 6.07) is 14.6. The average Bonchev–Trinajstić information content (AvgIpc) is 3.23. The number of benzene rings is 2. The molecule has 0 unspecified atom stereocenters. The molecule has 0 spiro atoms. The van der Waals surface area contributed by atoms with E-state index in [-0.39, 0.29) is 23.7 Å². The zero-order valence-corrected chi connectivity index (χ0v) is 16.2. The highest BCUT2D eigenvalue weighted by Crippen LogP contribution is 2.31. The van der Waals surface area contributed by atoms with Crippen LogP contribution < -0.4 is 10.2 Å². The van der Waals surface area contributed by atoms with E-state index in [0.29, 0.717) is 29.2 Å². The number of hydrogen-bond donors (Lipinski definition) is 1. The lowest BCUT2D eigenvalue weighted by Gasteiger charge is -2.29. The summed E-state index contributed by atoms with van der Waals surface area (Å²) in [5, 5.41) is 2.89. The Morgan fingerprint density at radius 2 is 2.04 bits per heavy atom. The largest absolute Gasteiger partial charge is 0.376 e. The SMILES string of the molecule is O=C(NC[C@H]1CCCO1)c1ccc2c(c1)N(Cc1ccccc1)C(=O)C[S@]2=O. The number of fused-ring (bicyclic) bond motifs is 1. The molecule has 2 atom stereocenters. The van der Waals surface area contributed by atoms with Crippen molar-refractivity contribution in [2.75, 3.05) is 23.8 Å². The number of carbonyl (C=O) groups excluding carboxylic acids is 2. The van der Waals surface area contributed by atoms with Crippen molar-refractivity contribution in [1.82, 2.24) is 5.32 Å². The molecule has 2 aliphatic rings. The zero-order valence-electron chi connectivity index (χ0n) is 15.4. The number of rotatable bonds is 5.